The fourth-order valence-electron chi connectivity index (χ4n) is 5.74. The van der Waals surface area contributed by atoms with Crippen LogP contribution in [0.2, 0.25) is 5.02 Å². The lowest BCUT2D eigenvalue weighted by molar-refractivity contribution is 0.0946. The van der Waals surface area contributed by atoms with Crippen molar-refractivity contribution in [3.8, 4) is 28.5 Å². The van der Waals surface area contributed by atoms with E-state index in [1.807, 2.05) is 25.5 Å². The van der Waals surface area contributed by atoms with Crippen LogP contribution in [0.3, 0.4) is 0 Å². The first kappa shape index (κ1) is 24.2. The topological polar surface area (TPSA) is 130 Å². The number of nitriles is 1. The Bertz CT molecular complexity index is 1790. The molecule has 2 aliphatic rings. The lowest BCUT2D eigenvalue weighted by atomic mass is 10.0. The van der Waals surface area contributed by atoms with Crippen LogP contribution in [0.25, 0.3) is 27.9 Å². The van der Waals surface area contributed by atoms with Crippen LogP contribution in [0.15, 0.2) is 61.6 Å². The van der Waals surface area contributed by atoms with Gasteiger partial charge in [0.25, 0.3) is 5.91 Å². The van der Waals surface area contributed by atoms with E-state index in [2.05, 4.69) is 31.5 Å². The predicted octanol–water partition coefficient (Wildman–Crippen LogP) is 3.22. The SMILES string of the molecule is Cn1cc(-c2cc(-c3cnc(N4C[C@@H]5C(CNC(=O)c6ncccc6Cl)[C@@H]5C4)cn3)c3c(C#N)cnn3c2)cn1. The quantitative estimate of drug-likeness (QED) is 0.341. The van der Waals surface area contributed by atoms with Crippen molar-refractivity contribution in [1.29, 1.82) is 5.26 Å². The van der Waals surface area contributed by atoms with E-state index >= 15 is 0 Å². The Labute approximate surface area is 234 Å². The summed E-state index contributed by atoms with van der Waals surface area (Å²) in [5.41, 5.74) is 4.72. The molecule has 12 heteroatoms. The zero-order chi connectivity index (χ0) is 27.4. The molecule has 3 atom stereocenters. The number of halogens is 1. The largest absolute Gasteiger partial charge is 0.355 e. The molecular formula is C28H23ClN10O. The second kappa shape index (κ2) is 9.43. The molecular weight excluding hydrogens is 528 g/mol. The number of fused-ring (bicyclic) bond motifs is 2. The summed E-state index contributed by atoms with van der Waals surface area (Å²) < 4.78 is 3.45. The second-order valence-corrected chi connectivity index (χ2v) is 10.6. The van der Waals surface area contributed by atoms with Gasteiger partial charge in [-0.2, -0.15) is 15.5 Å². The van der Waals surface area contributed by atoms with Crippen LogP contribution in [-0.4, -0.2) is 59.9 Å². The van der Waals surface area contributed by atoms with Gasteiger partial charge in [-0.05, 0) is 36.0 Å². The van der Waals surface area contributed by atoms with Crippen molar-refractivity contribution in [3.63, 3.8) is 0 Å². The molecule has 5 aromatic heterocycles. The van der Waals surface area contributed by atoms with Crippen molar-refractivity contribution in [2.45, 2.75) is 0 Å². The summed E-state index contributed by atoms with van der Waals surface area (Å²) in [6.07, 6.45) is 12.3. The molecule has 7 rings (SSSR count). The van der Waals surface area contributed by atoms with E-state index in [1.54, 1.807) is 52.3 Å². The van der Waals surface area contributed by atoms with Crippen molar-refractivity contribution >= 4 is 28.8 Å². The van der Waals surface area contributed by atoms with E-state index in [0.29, 0.717) is 46.1 Å². The molecule has 198 valence electrons. The van der Waals surface area contributed by atoms with E-state index in [1.165, 1.54) is 0 Å². The minimum absolute atomic E-state index is 0.242. The van der Waals surface area contributed by atoms with Crippen molar-refractivity contribution in [2.75, 3.05) is 24.5 Å². The zero-order valence-corrected chi connectivity index (χ0v) is 22.2. The Hall–Kier alpha value is -4.82. The molecule has 1 unspecified atom stereocenters. The summed E-state index contributed by atoms with van der Waals surface area (Å²) in [7, 11) is 1.87. The maximum Gasteiger partial charge on any atom is 0.271 e. The number of rotatable bonds is 6. The Morgan fingerprint density at radius 1 is 1.10 bits per heavy atom. The maximum atomic E-state index is 12.4. The number of hydrogen-bond acceptors (Lipinski definition) is 8. The first-order chi connectivity index (χ1) is 19.5. The van der Waals surface area contributed by atoms with Crippen molar-refractivity contribution in [2.24, 2.45) is 24.8 Å². The highest BCUT2D eigenvalue weighted by molar-refractivity contribution is 6.33. The Balaban J connectivity index is 1.06. The van der Waals surface area contributed by atoms with Gasteiger partial charge < -0.3 is 10.2 Å². The lowest BCUT2D eigenvalue weighted by Crippen LogP contribution is -2.31. The van der Waals surface area contributed by atoms with Crippen molar-refractivity contribution in [1.82, 2.24) is 39.7 Å². The molecule has 1 aliphatic heterocycles. The lowest BCUT2D eigenvalue weighted by Gasteiger charge is -2.21. The number of aromatic nitrogens is 7. The van der Waals surface area contributed by atoms with Crippen LogP contribution in [0.1, 0.15) is 16.1 Å². The highest BCUT2D eigenvalue weighted by Gasteiger charge is 2.55. The van der Waals surface area contributed by atoms with E-state index in [4.69, 9.17) is 21.6 Å². The molecule has 1 N–H and O–H groups in total. The van der Waals surface area contributed by atoms with Gasteiger partial charge in [0.05, 0.1) is 46.6 Å². The summed E-state index contributed by atoms with van der Waals surface area (Å²) in [6, 6.07) is 7.60. The summed E-state index contributed by atoms with van der Waals surface area (Å²) in [5.74, 6) is 2.01. The minimum atomic E-state index is -0.242. The molecule has 11 nitrogen and oxygen atoms in total. The third-order valence-electron chi connectivity index (χ3n) is 7.85. The van der Waals surface area contributed by atoms with Gasteiger partial charge in [-0.1, -0.05) is 11.6 Å². The summed E-state index contributed by atoms with van der Waals surface area (Å²) in [4.78, 5) is 28.2. The summed E-state index contributed by atoms with van der Waals surface area (Å²) in [6.45, 7) is 2.34. The van der Waals surface area contributed by atoms with Crippen LogP contribution >= 0.6 is 11.6 Å². The maximum absolute atomic E-state index is 12.4. The first-order valence-electron chi connectivity index (χ1n) is 12.9. The van der Waals surface area contributed by atoms with E-state index in [-0.39, 0.29) is 11.6 Å². The average Bonchev–Trinajstić information content (AvgIpc) is 3.41. The summed E-state index contributed by atoms with van der Waals surface area (Å²) >= 11 is 6.09. The zero-order valence-electron chi connectivity index (χ0n) is 21.4. The van der Waals surface area contributed by atoms with Gasteiger partial charge >= 0.3 is 0 Å². The first-order valence-corrected chi connectivity index (χ1v) is 13.2. The van der Waals surface area contributed by atoms with E-state index < -0.39 is 0 Å². The molecule has 2 fully saturated rings. The third kappa shape index (κ3) is 4.13. The normalized spacial score (nSPS) is 19.4. The van der Waals surface area contributed by atoms with Crippen LogP contribution in [-0.2, 0) is 7.05 Å². The number of hydrogen-bond donors (Lipinski definition) is 1. The predicted molar refractivity (Wildman–Crippen MR) is 147 cm³/mol. The van der Waals surface area contributed by atoms with Gasteiger partial charge in [-0.3, -0.25) is 14.5 Å². The number of pyridine rings is 2. The molecule has 0 spiro atoms. The van der Waals surface area contributed by atoms with E-state index in [0.717, 1.165) is 35.6 Å². The van der Waals surface area contributed by atoms with Gasteiger partial charge in [-0.25, -0.2) is 14.5 Å². The van der Waals surface area contributed by atoms with Gasteiger partial charge in [0.2, 0.25) is 0 Å². The molecule has 1 aliphatic carbocycles. The van der Waals surface area contributed by atoms with Crippen molar-refractivity contribution in [3.05, 3.63) is 77.9 Å². The van der Waals surface area contributed by atoms with Crippen LogP contribution in [0.4, 0.5) is 5.82 Å². The Kier molecular flexibility index (Phi) is 5.71. The average molecular weight is 551 g/mol. The summed E-state index contributed by atoms with van der Waals surface area (Å²) in [5, 5.41) is 21.7. The number of anilines is 1. The molecule has 5 aromatic rings. The van der Waals surface area contributed by atoms with Gasteiger partial charge in [-0.15, -0.1) is 0 Å². The molecule has 1 saturated carbocycles. The van der Waals surface area contributed by atoms with Crippen LogP contribution < -0.4 is 10.2 Å². The third-order valence-corrected chi connectivity index (χ3v) is 8.16. The molecule has 0 aromatic carbocycles. The number of nitrogens with zero attached hydrogens (tertiary/aromatic N) is 9. The van der Waals surface area contributed by atoms with Crippen LogP contribution in [0, 0.1) is 29.1 Å². The highest BCUT2D eigenvalue weighted by Crippen LogP contribution is 2.52. The standard InChI is InChI=1S/C28H23ClN10O/c1-37-12-18(8-35-37)16-5-19(27-17(6-30)7-36-39(27)13-16)24-10-33-25(11-32-24)38-14-21-20(22(21)15-38)9-34-28(40)26-23(29)3-2-4-31-26/h2-5,7-8,10-13,20-22H,9,14-15H2,1H3,(H,34,40)/t20?,21-,22+. The number of piperidine rings is 1. The molecule has 6 heterocycles. The van der Waals surface area contributed by atoms with Gasteiger partial charge in [0, 0.05) is 62.0 Å². The number of nitrogens with one attached hydrogen (secondary N) is 1. The monoisotopic (exact) mass is 550 g/mol. The fraction of sp³-hybridized carbons (Fsp3) is 0.250. The molecule has 0 radical (unpaired) electrons. The number of amides is 1. The fourth-order valence-corrected chi connectivity index (χ4v) is 5.94. The molecule has 1 saturated heterocycles. The van der Waals surface area contributed by atoms with Crippen molar-refractivity contribution < 1.29 is 4.79 Å². The number of aryl methyl sites for hydroxylation is 1. The smallest absolute Gasteiger partial charge is 0.271 e. The molecule has 0 bridgehead atoms. The Morgan fingerprint density at radius 2 is 1.95 bits per heavy atom. The molecule has 40 heavy (non-hydrogen) atoms. The highest BCUT2D eigenvalue weighted by atomic mass is 35.5. The second-order valence-electron chi connectivity index (χ2n) is 10.2. The minimum Gasteiger partial charge on any atom is -0.355 e. The Morgan fingerprint density at radius 3 is 2.65 bits per heavy atom. The number of carbonyl (C=O) groups excluding carboxylic acids is 1. The number of carbonyl (C=O) groups is 1. The van der Waals surface area contributed by atoms with E-state index in [9.17, 15) is 10.1 Å². The molecule has 1 amide bonds. The van der Waals surface area contributed by atoms with Crippen LogP contribution in [0.5, 0.6) is 0 Å². The van der Waals surface area contributed by atoms with Gasteiger partial charge in [0.15, 0.2) is 0 Å². The van der Waals surface area contributed by atoms with Gasteiger partial charge in [0.1, 0.15) is 17.6 Å².